The minimum absolute atomic E-state index is 0.00313. The first-order valence-electron chi connectivity index (χ1n) is 8.13. The number of nitro benzene ring substituents is 1. The molecule has 0 N–H and O–H groups in total. The van der Waals surface area contributed by atoms with Crippen molar-refractivity contribution >= 4 is 11.4 Å². The number of rotatable bonds is 7. The monoisotopic (exact) mass is 347 g/mol. The van der Waals surface area contributed by atoms with Crippen LogP contribution in [0.1, 0.15) is 16.7 Å². The fraction of sp³-hybridized carbons (Fsp3) is 0.100. The van der Waals surface area contributed by atoms with Gasteiger partial charge in [-0.05, 0) is 17.7 Å². The third-order valence-corrected chi connectivity index (χ3v) is 3.75. The zero-order valence-corrected chi connectivity index (χ0v) is 14.0. The summed E-state index contributed by atoms with van der Waals surface area (Å²) in [7, 11) is 0. The van der Waals surface area contributed by atoms with E-state index in [1.165, 1.54) is 12.1 Å². The van der Waals surface area contributed by atoms with Crippen LogP contribution >= 0.6 is 0 Å². The van der Waals surface area contributed by atoms with Crippen molar-refractivity contribution in [3.8, 4) is 0 Å². The molecule has 0 aliphatic rings. The molecule has 6 heteroatoms. The van der Waals surface area contributed by atoms with Crippen LogP contribution in [0.5, 0.6) is 0 Å². The topological polar surface area (TPSA) is 77.6 Å². The van der Waals surface area contributed by atoms with Gasteiger partial charge in [-0.2, -0.15) is 0 Å². The van der Waals surface area contributed by atoms with Gasteiger partial charge < -0.3 is 4.84 Å². The van der Waals surface area contributed by atoms with Crippen LogP contribution in [0.25, 0.3) is 0 Å². The zero-order chi connectivity index (χ0) is 18.2. The van der Waals surface area contributed by atoms with Gasteiger partial charge in [0.25, 0.3) is 5.69 Å². The Morgan fingerprint density at radius 1 is 1.04 bits per heavy atom. The van der Waals surface area contributed by atoms with Crippen LogP contribution in [0, 0.1) is 10.1 Å². The zero-order valence-electron chi connectivity index (χ0n) is 14.0. The first-order valence-corrected chi connectivity index (χ1v) is 8.13. The van der Waals surface area contributed by atoms with E-state index in [1.54, 1.807) is 30.6 Å². The summed E-state index contributed by atoms with van der Waals surface area (Å²) < 4.78 is 0. The number of hydrogen-bond acceptors (Lipinski definition) is 5. The van der Waals surface area contributed by atoms with Crippen molar-refractivity contribution in [1.82, 2.24) is 4.98 Å². The van der Waals surface area contributed by atoms with Crippen LogP contribution in [-0.4, -0.2) is 22.2 Å². The van der Waals surface area contributed by atoms with Crippen molar-refractivity contribution < 1.29 is 9.76 Å². The summed E-state index contributed by atoms with van der Waals surface area (Å²) in [6.07, 6.45) is 4.03. The molecule has 3 aromatic rings. The van der Waals surface area contributed by atoms with E-state index in [0.29, 0.717) is 17.9 Å². The van der Waals surface area contributed by atoms with Crippen molar-refractivity contribution in [1.29, 1.82) is 0 Å². The predicted octanol–water partition coefficient (Wildman–Crippen LogP) is 4.00. The van der Waals surface area contributed by atoms with Crippen LogP contribution in [-0.2, 0) is 11.3 Å². The summed E-state index contributed by atoms with van der Waals surface area (Å²) in [5, 5.41) is 15.3. The van der Waals surface area contributed by atoms with Gasteiger partial charge in [0.1, 0.15) is 12.3 Å². The summed E-state index contributed by atoms with van der Waals surface area (Å²) in [6.45, 7) is 0.405. The Morgan fingerprint density at radius 3 is 2.58 bits per heavy atom. The molecule has 3 rings (SSSR count). The number of oxime groups is 1. The maximum absolute atomic E-state index is 11.1. The van der Waals surface area contributed by atoms with Crippen molar-refractivity contribution in [3.05, 3.63) is 106 Å². The molecule has 2 aromatic carbocycles. The third kappa shape index (κ3) is 4.51. The minimum Gasteiger partial charge on any atom is -0.395 e. The fourth-order valence-corrected chi connectivity index (χ4v) is 2.46. The highest BCUT2D eigenvalue weighted by Gasteiger charge is 2.13. The van der Waals surface area contributed by atoms with E-state index in [1.807, 2.05) is 36.4 Å². The quantitative estimate of drug-likeness (QED) is 0.280. The number of hydrogen-bond donors (Lipinski definition) is 0. The highest BCUT2D eigenvalue weighted by molar-refractivity contribution is 6.12. The van der Waals surface area contributed by atoms with Crippen molar-refractivity contribution in [3.63, 3.8) is 0 Å². The van der Waals surface area contributed by atoms with Crippen LogP contribution < -0.4 is 0 Å². The molecule has 0 atom stereocenters. The summed E-state index contributed by atoms with van der Waals surface area (Å²) >= 11 is 0. The lowest BCUT2D eigenvalue weighted by molar-refractivity contribution is -0.384. The molecule has 1 heterocycles. The minimum atomic E-state index is -0.430. The van der Waals surface area contributed by atoms with Gasteiger partial charge in [0.15, 0.2) is 0 Å². The highest BCUT2D eigenvalue weighted by Crippen LogP contribution is 2.17. The lowest BCUT2D eigenvalue weighted by Gasteiger charge is -2.07. The van der Waals surface area contributed by atoms with E-state index in [-0.39, 0.29) is 5.69 Å². The van der Waals surface area contributed by atoms with Crippen molar-refractivity contribution in [2.75, 3.05) is 6.61 Å². The number of nitrogens with zero attached hydrogens (tertiary/aromatic N) is 3. The molecule has 0 fully saturated rings. The smallest absolute Gasteiger partial charge is 0.270 e. The van der Waals surface area contributed by atoms with E-state index in [2.05, 4.69) is 10.1 Å². The molecule has 0 aliphatic carbocycles. The van der Waals surface area contributed by atoms with Gasteiger partial charge in [0.05, 0.1) is 4.92 Å². The summed E-state index contributed by atoms with van der Waals surface area (Å²) in [6, 6.07) is 19.9. The van der Waals surface area contributed by atoms with Gasteiger partial charge >= 0.3 is 0 Å². The van der Waals surface area contributed by atoms with Gasteiger partial charge in [-0.1, -0.05) is 47.6 Å². The molecule has 0 saturated heterocycles. The number of non-ortho nitro benzene ring substituents is 1. The predicted molar refractivity (Wildman–Crippen MR) is 99.1 cm³/mol. The highest BCUT2D eigenvalue weighted by atomic mass is 16.6. The second-order valence-corrected chi connectivity index (χ2v) is 5.56. The Labute approximate surface area is 150 Å². The van der Waals surface area contributed by atoms with Crippen molar-refractivity contribution in [2.45, 2.75) is 6.42 Å². The molecule has 0 bridgehead atoms. The Balaban J connectivity index is 1.82. The first kappa shape index (κ1) is 17.3. The molecule has 1 aromatic heterocycles. The lowest BCUT2D eigenvalue weighted by atomic mass is 10.0. The molecule has 0 spiro atoms. The molecule has 0 saturated carbocycles. The Hall–Kier alpha value is -3.54. The molecule has 0 unspecified atom stereocenters. The molecule has 130 valence electrons. The van der Waals surface area contributed by atoms with Gasteiger partial charge in [0, 0.05) is 42.1 Å². The standard InChI is InChI=1S/C20H17N3O3/c24-23(25)19-10-4-8-17(14-19)20(18-9-5-12-21-15-18)22-26-13-11-16-6-2-1-3-7-16/h1-10,12,14-15H,11,13H2. The fourth-order valence-electron chi connectivity index (χ4n) is 2.46. The third-order valence-electron chi connectivity index (χ3n) is 3.75. The van der Waals surface area contributed by atoms with Crippen LogP contribution in [0.3, 0.4) is 0 Å². The normalized spacial score (nSPS) is 11.2. The average molecular weight is 347 g/mol. The molecular weight excluding hydrogens is 330 g/mol. The number of pyridine rings is 1. The largest absolute Gasteiger partial charge is 0.395 e. The van der Waals surface area contributed by atoms with Crippen molar-refractivity contribution in [2.24, 2.45) is 5.16 Å². The summed E-state index contributed by atoms with van der Waals surface area (Å²) in [5.74, 6) is 0. The van der Waals surface area contributed by atoms with E-state index in [4.69, 9.17) is 4.84 Å². The summed E-state index contributed by atoms with van der Waals surface area (Å²) in [4.78, 5) is 20.2. The maximum Gasteiger partial charge on any atom is 0.270 e. The van der Waals surface area contributed by atoms with Gasteiger partial charge in [-0.15, -0.1) is 0 Å². The molecule has 26 heavy (non-hydrogen) atoms. The molecular formula is C20H17N3O3. The molecule has 6 nitrogen and oxygen atoms in total. The number of nitro groups is 1. The van der Waals surface area contributed by atoms with Crippen LogP contribution in [0.2, 0.25) is 0 Å². The van der Waals surface area contributed by atoms with Gasteiger partial charge in [-0.25, -0.2) is 0 Å². The summed E-state index contributed by atoms with van der Waals surface area (Å²) in [5.41, 5.74) is 3.00. The maximum atomic E-state index is 11.1. The second-order valence-electron chi connectivity index (χ2n) is 5.56. The number of benzene rings is 2. The van der Waals surface area contributed by atoms with Crippen LogP contribution in [0.4, 0.5) is 5.69 Å². The SMILES string of the molecule is O=[N+]([O-])c1cccc(C(=NOCCc2ccccc2)c2cccnc2)c1. The molecule has 0 radical (unpaired) electrons. The van der Waals surface area contributed by atoms with E-state index < -0.39 is 4.92 Å². The number of aromatic nitrogens is 1. The Bertz CT molecular complexity index is 896. The average Bonchev–Trinajstić information content (AvgIpc) is 2.69. The van der Waals surface area contributed by atoms with E-state index >= 15 is 0 Å². The molecule has 0 amide bonds. The lowest BCUT2D eigenvalue weighted by Crippen LogP contribution is -2.06. The second kappa shape index (κ2) is 8.53. The van der Waals surface area contributed by atoms with E-state index in [0.717, 1.165) is 17.5 Å². The van der Waals surface area contributed by atoms with Gasteiger partial charge in [0.2, 0.25) is 0 Å². The Kier molecular flexibility index (Phi) is 5.67. The molecule has 0 aliphatic heterocycles. The van der Waals surface area contributed by atoms with Gasteiger partial charge in [-0.3, -0.25) is 15.1 Å². The Morgan fingerprint density at radius 2 is 1.85 bits per heavy atom. The first-order chi connectivity index (χ1) is 12.7. The van der Waals surface area contributed by atoms with Crippen LogP contribution in [0.15, 0.2) is 84.3 Å². The van der Waals surface area contributed by atoms with E-state index in [9.17, 15) is 10.1 Å².